The molecular weight excluding hydrogens is 329 g/mol. The molecule has 0 aliphatic heterocycles. The molecule has 0 atom stereocenters. The average Bonchev–Trinajstić information content (AvgIpc) is 2.95. The number of nitrogens with zero attached hydrogens (tertiary/aromatic N) is 2. The number of rotatable bonds is 5. The molecule has 0 N–H and O–H groups in total. The molecule has 0 amide bonds. The van der Waals surface area contributed by atoms with Crippen LogP contribution in [0.4, 0.5) is 13.2 Å². The Morgan fingerprint density at radius 1 is 1.04 bits per heavy atom. The Bertz CT molecular complexity index is 851. The van der Waals surface area contributed by atoms with Gasteiger partial charge in [-0.05, 0) is 35.7 Å². The fraction of sp³-hybridized carbons (Fsp3) is 0.316. The molecule has 0 bridgehead atoms. The van der Waals surface area contributed by atoms with Gasteiger partial charge in [-0.15, -0.1) is 0 Å². The van der Waals surface area contributed by atoms with Gasteiger partial charge in [-0.25, -0.2) is 4.98 Å². The highest BCUT2D eigenvalue weighted by molar-refractivity contribution is 5.76. The lowest BCUT2D eigenvalue weighted by Gasteiger charge is -2.13. The number of para-hydroxylation sites is 2. The van der Waals surface area contributed by atoms with Crippen LogP contribution in [-0.4, -0.2) is 16.2 Å². The maximum atomic E-state index is 13.2. The zero-order chi connectivity index (χ0) is 18.0. The van der Waals surface area contributed by atoms with E-state index in [1.54, 1.807) is 24.3 Å². The fourth-order valence-electron chi connectivity index (χ4n) is 2.72. The van der Waals surface area contributed by atoms with Crippen molar-refractivity contribution in [3.8, 4) is 5.75 Å². The van der Waals surface area contributed by atoms with Crippen molar-refractivity contribution in [1.82, 2.24) is 9.55 Å². The second-order valence-corrected chi connectivity index (χ2v) is 6.15. The van der Waals surface area contributed by atoms with Crippen LogP contribution in [0.15, 0.2) is 48.5 Å². The van der Waals surface area contributed by atoms with Crippen LogP contribution in [0, 0.1) is 0 Å². The van der Waals surface area contributed by atoms with Gasteiger partial charge in [-0.2, -0.15) is 13.2 Å². The molecule has 0 aliphatic carbocycles. The van der Waals surface area contributed by atoms with Crippen molar-refractivity contribution in [1.29, 1.82) is 0 Å². The van der Waals surface area contributed by atoms with Gasteiger partial charge in [-0.1, -0.05) is 38.1 Å². The lowest BCUT2D eigenvalue weighted by Crippen LogP contribution is -2.18. The molecule has 2 aromatic carbocycles. The monoisotopic (exact) mass is 348 g/mol. The van der Waals surface area contributed by atoms with Gasteiger partial charge in [0, 0.05) is 0 Å². The van der Waals surface area contributed by atoms with Crippen molar-refractivity contribution in [2.45, 2.75) is 32.5 Å². The smallest absolute Gasteiger partial charge is 0.449 e. The summed E-state index contributed by atoms with van der Waals surface area (Å²) >= 11 is 0. The molecule has 0 saturated heterocycles. The molecule has 25 heavy (non-hydrogen) atoms. The van der Waals surface area contributed by atoms with Gasteiger partial charge in [0.05, 0.1) is 17.6 Å². The van der Waals surface area contributed by atoms with Gasteiger partial charge < -0.3 is 9.30 Å². The summed E-state index contributed by atoms with van der Waals surface area (Å²) in [5, 5.41) is 0. The third kappa shape index (κ3) is 3.78. The topological polar surface area (TPSA) is 27.1 Å². The van der Waals surface area contributed by atoms with Gasteiger partial charge in [0.15, 0.2) is 0 Å². The van der Waals surface area contributed by atoms with E-state index in [4.69, 9.17) is 4.74 Å². The molecule has 6 heteroatoms. The molecule has 0 radical (unpaired) electrons. The van der Waals surface area contributed by atoms with Gasteiger partial charge >= 0.3 is 6.18 Å². The Labute approximate surface area is 144 Å². The Morgan fingerprint density at radius 3 is 2.36 bits per heavy atom. The van der Waals surface area contributed by atoms with E-state index < -0.39 is 12.0 Å². The SMILES string of the molecule is CC(C)c1ccc(OCCn2c(C(F)(F)F)nc3ccccc32)cc1. The van der Waals surface area contributed by atoms with Crippen LogP contribution < -0.4 is 4.74 Å². The summed E-state index contributed by atoms with van der Waals surface area (Å²) in [6, 6.07) is 14.2. The van der Waals surface area contributed by atoms with Crippen LogP contribution in [-0.2, 0) is 12.7 Å². The fourth-order valence-corrected chi connectivity index (χ4v) is 2.72. The third-order valence-electron chi connectivity index (χ3n) is 4.04. The van der Waals surface area contributed by atoms with Crippen molar-refractivity contribution >= 4 is 11.0 Å². The van der Waals surface area contributed by atoms with Crippen LogP contribution in [0.5, 0.6) is 5.75 Å². The minimum absolute atomic E-state index is 0.0707. The van der Waals surface area contributed by atoms with E-state index in [2.05, 4.69) is 18.8 Å². The van der Waals surface area contributed by atoms with Crippen LogP contribution in [0.1, 0.15) is 31.2 Å². The average molecular weight is 348 g/mol. The molecule has 132 valence electrons. The van der Waals surface area contributed by atoms with Crippen LogP contribution >= 0.6 is 0 Å². The molecule has 1 heterocycles. The van der Waals surface area contributed by atoms with E-state index in [-0.39, 0.29) is 13.2 Å². The second kappa shape index (κ2) is 6.78. The highest BCUT2D eigenvalue weighted by Crippen LogP contribution is 2.31. The molecule has 0 saturated carbocycles. The molecule has 3 rings (SSSR count). The number of imidazole rings is 1. The number of benzene rings is 2. The molecule has 1 aromatic heterocycles. The second-order valence-electron chi connectivity index (χ2n) is 6.15. The molecule has 0 unspecified atom stereocenters. The first kappa shape index (κ1) is 17.3. The molecule has 3 nitrogen and oxygen atoms in total. The summed E-state index contributed by atoms with van der Waals surface area (Å²) in [5.41, 5.74) is 1.97. The maximum Gasteiger partial charge on any atom is 0.449 e. The Hall–Kier alpha value is -2.50. The van der Waals surface area contributed by atoms with E-state index in [0.717, 1.165) is 4.57 Å². The number of ether oxygens (including phenoxy) is 1. The summed E-state index contributed by atoms with van der Waals surface area (Å²) in [6.07, 6.45) is -4.50. The number of hydrogen-bond donors (Lipinski definition) is 0. The zero-order valence-corrected chi connectivity index (χ0v) is 14.0. The lowest BCUT2D eigenvalue weighted by atomic mass is 10.0. The van der Waals surface area contributed by atoms with E-state index >= 15 is 0 Å². The first-order chi connectivity index (χ1) is 11.9. The van der Waals surface area contributed by atoms with Crippen molar-refractivity contribution in [2.24, 2.45) is 0 Å². The Kier molecular flexibility index (Phi) is 4.70. The highest BCUT2D eigenvalue weighted by Gasteiger charge is 2.37. The van der Waals surface area contributed by atoms with E-state index in [1.807, 2.05) is 24.3 Å². The van der Waals surface area contributed by atoms with E-state index in [0.29, 0.717) is 22.7 Å². The number of halogens is 3. The standard InChI is InChI=1S/C19H19F3N2O/c1-13(2)14-7-9-15(10-8-14)25-12-11-24-17-6-4-3-5-16(17)23-18(24)19(20,21)22/h3-10,13H,11-12H2,1-2H3. The summed E-state index contributed by atoms with van der Waals surface area (Å²) in [5.74, 6) is 0.163. The maximum absolute atomic E-state index is 13.2. The van der Waals surface area contributed by atoms with Gasteiger partial charge in [0.2, 0.25) is 5.82 Å². The van der Waals surface area contributed by atoms with Crippen LogP contribution in [0.3, 0.4) is 0 Å². The number of aromatic nitrogens is 2. The predicted molar refractivity (Wildman–Crippen MR) is 90.8 cm³/mol. The summed E-state index contributed by atoms with van der Waals surface area (Å²) < 4.78 is 46.5. The number of fused-ring (bicyclic) bond motifs is 1. The van der Waals surface area contributed by atoms with Crippen LogP contribution in [0.25, 0.3) is 11.0 Å². The summed E-state index contributed by atoms with van der Waals surface area (Å²) in [7, 11) is 0. The number of hydrogen-bond acceptors (Lipinski definition) is 2. The summed E-state index contributed by atoms with van der Waals surface area (Å²) in [4.78, 5) is 3.72. The normalized spacial score (nSPS) is 12.1. The zero-order valence-electron chi connectivity index (χ0n) is 14.0. The van der Waals surface area contributed by atoms with Crippen molar-refractivity contribution in [2.75, 3.05) is 6.61 Å². The van der Waals surface area contributed by atoms with Crippen molar-refractivity contribution in [3.63, 3.8) is 0 Å². The number of alkyl halides is 3. The Morgan fingerprint density at radius 2 is 1.72 bits per heavy atom. The van der Waals surface area contributed by atoms with E-state index in [1.165, 1.54) is 5.56 Å². The lowest BCUT2D eigenvalue weighted by molar-refractivity contribution is -0.147. The molecule has 0 fully saturated rings. The largest absolute Gasteiger partial charge is 0.492 e. The highest BCUT2D eigenvalue weighted by atomic mass is 19.4. The van der Waals surface area contributed by atoms with Gasteiger partial charge in [0.25, 0.3) is 0 Å². The predicted octanol–water partition coefficient (Wildman–Crippen LogP) is 5.26. The molecule has 0 aliphatic rings. The minimum atomic E-state index is -4.50. The van der Waals surface area contributed by atoms with E-state index in [9.17, 15) is 13.2 Å². The first-order valence-corrected chi connectivity index (χ1v) is 8.11. The Balaban J connectivity index is 1.76. The van der Waals surface area contributed by atoms with Gasteiger partial charge in [-0.3, -0.25) is 0 Å². The quantitative estimate of drug-likeness (QED) is 0.629. The van der Waals surface area contributed by atoms with Gasteiger partial charge in [0.1, 0.15) is 12.4 Å². The molecule has 3 aromatic rings. The van der Waals surface area contributed by atoms with Crippen LogP contribution in [0.2, 0.25) is 0 Å². The molecule has 0 spiro atoms. The molecular formula is C19H19F3N2O. The third-order valence-corrected chi connectivity index (χ3v) is 4.04. The van der Waals surface area contributed by atoms with Crippen molar-refractivity contribution in [3.05, 3.63) is 59.9 Å². The van der Waals surface area contributed by atoms with Crippen molar-refractivity contribution < 1.29 is 17.9 Å². The minimum Gasteiger partial charge on any atom is -0.492 e. The first-order valence-electron chi connectivity index (χ1n) is 8.11. The summed E-state index contributed by atoms with van der Waals surface area (Å²) in [6.45, 7) is 4.39.